The fourth-order valence-electron chi connectivity index (χ4n) is 2.44. The molecule has 2 aromatic rings. The Labute approximate surface area is 120 Å². The highest BCUT2D eigenvalue weighted by molar-refractivity contribution is 6.00. The summed E-state index contributed by atoms with van der Waals surface area (Å²) in [6.45, 7) is 2.86. The van der Waals surface area contributed by atoms with Crippen LogP contribution in [0.25, 0.3) is 5.65 Å². The van der Waals surface area contributed by atoms with Crippen LogP contribution in [-0.4, -0.2) is 46.4 Å². The number of ether oxygens (including phenoxy) is 1. The minimum absolute atomic E-state index is 0.0721. The average molecular weight is 293 g/mol. The van der Waals surface area contributed by atoms with Gasteiger partial charge >= 0.3 is 5.97 Å². The maximum absolute atomic E-state index is 13.3. The van der Waals surface area contributed by atoms with E-state index in [0.29, 0.717) is 31.0 Å². The van der Waals surface area contributed by atoms with Crippen molar-refractivity contribution in [2.45, 2.75) is 19.5 Å². The third-order valence-corrected chi connectivity index (χ3v) is 3.43. The van der Waals surface area contributed by atoms with Gasteiger partial charge in [-0.15, -0.1) is 5.10 Å². The second kappa shape index (κ2) is 5.19. The van der Waals surface area contributed by atoms with Crippen molar-refractivity contribution in [3.8, 4) is 0 Å². The molecule has 8 heteroatoms. The van der Waals surface area contributed by atoms with Crippen LogP contribution in [0.15, 0.2) is 12.3 Å². The second-order valence-electron chi connectivity index (χ2n) is 4.87. The predicted molar refractivity (Wildman–Crippen MR) is 75.1 cm³/mol. The van der Waals surface area contributed by atoms with Gasteiger partial charge in [-0.05, 0) is 19.4 Å². The summed E-state index contributed by atoms with van der Waals surface area (Å²) < 4.78 is 19.7. The maximum Gasteiger partial charge on any atom is 0.345 e. The monoisotopic (exact) mass is 293 g/mol. The van der Waals surface area contributed by atoms with Gasteiger partial charge in [-0.2, -0.15) is 0 Å². The van der Waals surface area contributed by atoms with E-state index < -0.39 is 12.1 Å². The Bertz CT molecular complexity index is 686. The molecule has 1 fully saturated rings. The molecule has 3 heterocycles. The summed E-state index contributed by atoms with van der Waals surface area (Å²) in [5.41, 5.74) is 6.24. The van der Waals surface area contributed by atoms with Crippen molar-refractivity contribution in [2.75, 3.05) is 30.3 Å². The normalized spacial score (nSPS) is 18.4. The fraction of sp³-hybridized carbons (Fsp3) is 0.462. The number of carbonyl (C=O) groups excluding carboxylic acids is 1. The van der Waals surface area contributed by atoms with Gasteiger partial charge in [0.2, 0.25) is 0 Å². The van der Waals surface area contributed by atoms with Gasteiger partial charge in [0, 0.05) is 12.7 Å². The highest BCUT2D eigenvalue weighted by Crippen LogP contribution is 2.23. The minimum atomic E-state index is -0.845. The first-order valence-corrected chi connectivity index (χ1v) is 6.81. The lowest BCUT2D eigenvalue weighted by molar-refractivity contribution is 0.0529. The molecule has 0 aromatic carbocycles. The number of halogens is 1. The number of rotatable bonds is 3. The number of nitrogen functional groups attached to an aromatic ring is 1. The highest BCUT2D eigenvalue weighted by atomic mass is 19.1. The van der Waals surface area contributed by atoms with Crippen LogP contribution < -0.4 is 10.6 Å². The Morgan fingerprint density at radius 2 is 2.43 bits per heavy atom. The van der Waals surface area contributed by atoms with Crippen molar-refractivity contribution < 1.29 is 13.9 Å². The Morgan fingerprint density at radius 1 is 1.62 bits per heavy atom. The van der Waals surface area contributed by atoms with Gasteiger partial charge in [-0.3, -0.25) is 0 Å². The zero-order valence-corrected chi connectivity index (χ0v) is 11.6. The molecule has 1 saturated heterocycles. The Balaban J connectivity index is 2.03. The molecule has 2 N–H and O–H groups in total. The first kappa shape index (κ1) is 13.6. The highest BCUT2D eigenvalue weighted by Gasteiger charge is 2.25. The Hall–Kier alpha value is -2.38. The molecule has 0 aliphatic carbocycles. The molecule has 0 spiro atoms. The molecule has 0 bridgehead atoms. The third kappa shape index (κ3) is 2.37. The van der Waals surface area contributed by atoms with Crippen LogP contribution in [-0.2, 0) is 4.74 Å². The van der Waals surface area contributed by atoms with Gasteiger partial charge in [0.15, 0.2) is 11.5 Å². The average Bonchev–Trinajstić information content (AvgIpc) is 3.00. The van der Waals surface area contributed by atoms with Gasteiger partial charge in [-0.1, -0.05) is 0 Å². The number of nitrogens with two attached hydrogens (primary N) is 1. The number of alkyl halides is 1. The predicted octanol–water partition coefficient (Wildman–Crippen LogP) is 1.04. The van der Waals surface area contributed by atoms with Crippen LogP contribution in [0.5, 0.6) is 0 Å². The summed E-state index contributed by atoms with van der Waals surface area (Å²) in [6.07, 6.45) is 1.30. The van der Waals surface area contributed by atoms with Gasteiger partial charge in [0.25, 0.3) is 0 Å². The van der Waals surface area contributed by atoms with E-state index in [1.54, 1.807) is 19.2 Å². The fourth-order valence-corrected chi connectivity index (χ4v) is 2.44. The van der Waals surface area contributed by atoms with Crippen molar-refractivity contribution >= 4 is 23.3 Å². The zero-order valence-electron chi connectivity index (χ0n) is 11.6. The Kier molecular flexibility index (Phi) is 3.36. The molecule has 21 heavy (non-hydrogen) atoms. The molecule has 2 aromatic heterocycles. The van der Waals surface area contributed by atoms with Gasteiger partial charge in [0.05, 0.1) is 13.2 Å². The molecule has 0 amide bonds. The van der Waals surface area contributed by atoms with Crippen molar-refractivity contribution in [1.29, 1.82) is 0 Å². The number of fused-ring (bicyclic) bond motifs is 1. The smallest absolute Gasteiger partial charge is 0.345 e. The Morgan fingerprint density at radius 3 is 3.10 bits per heavy atom. The van der Waals surface area contributed by atoms with E-state index in [1.807, 2.05) is 4.90 Å². The minimum Gasteiger partial charge on any atom is -0.462 e. The topological polar surface area (TPSA) is 85.8 Å². The maximum atomic E-state index is 13.3. The first-order chi connectivity index (χ1) is 10.1. The van der Waals surface area contributed by atoms with Crippen LogP contribution in [0.2, 0.25) is 0 Å². The molecular weight excluding hydrogens is 277 g/mol. The number of aromatic nitrogens is 3. The number of esters is 1. The van der Waals surface area contributed by atoms with Crippen molar-refractivity contribution in [3.05, 3.63) is 17.8 Å². The number of carbonyl (C=O) groups is 1. The molecule has 1 atom stereocenters. The second-order valence-corrected chi connectivity index (χ2v) is 4.87. The van der Waals surface area contributed by atoms with Crippen molar-refractivity contribution in [1.82, 2.24) is 14.6 Å². The van der Waals surface area contributed by atoms with E-state index in [4.69, 9.17) is 10.5 Å². The quantitative estimate of drug-likeness (QED) is 0.851. The van der Waals surface area contributed by atoms with Crippen LogP contribution in [0, 0.1) is 0 Å². The van der Waals surface area contributed by atoms with Crippen LogP contribution in [0.3, 0.4) is 0 Å². The third-order valence-electron chi connectivity index (χ3n) is 3.43. The van der Waals surface area contributed by atoms with E-state index in [0.717, 1.165) is 0 Å². The summed E-state index contributed by atoms with van der Waals surface area (Å²) in [5, 5.41) is 4.04. The van der Waals surface area contributed by atoms with E-state index in [9.17, 15) is 9.18 Å². The summed E-state index contributed by atoms with van der Waals surface area (Å²) in [5.74, 6) is 0.121. The molecule has 3 rings (SSSR count). The lowest BCUT2D eigenvalue weighted by atomic mass is 10.3. The molecule has 1 aliphatic rings. The first-order valence-electron chi connectivity index (χ1n) is 6.81. The van der Waals surface area contributed by atoms with E-state index in [1.165, 1.54) is 4.52 Å². The molecule has 1 unspecified atom stereocenters. The number of nitrogens with zero attached hydrogens (tertiary/aromatic N) is 4. The lowest BCUT2D eigenvalue weighted by Crippen LogP contribution is -2.21. The van der Waals surface area contributed by atoms with Crippen LogP contribution in [0.1, 0.15) is 23.7 Å². The van der Waals surface area contributed by atoms with Crippen molar-refractivity contribution in [2.24, 2.45) is 0 Å². The van der Waals surface area contributed by atoms with E-state index >= 15 is 0 Å². The summed E-state index contributed by atoms with van der Waals surface area (Å²) in [7, 11) is 0. The van der Waals surface area contributed by atoms with Crippen LogP contribution in [0.4, 0.5) is 16.0 Å². The summed E-state index contributed by atoms with van der Waals surface area (Å²) in [6, 6.07) is 1.73. The van der Waals surface area contributed by atoms with E-state index in [-0.39, 0.29) is 18.0 Å². The lowest BCUT2D eigenvalue weighted by Gasteiger charge is -2.16. The summed E-state index contributed by atoms with van der Waals surface area (Å²) >= 11 is 0. The molecule has 0 radical (unpaired) electrons. The van der Waals surface area contributed by atoms with Gasteiger partial charge in [-0.25, -0.2) is 18.7 Å². The van der Waals surface area contributed by atoms with Gasteiger partial charge < -0.3 is 15.4 Å². The number of hydrogen-bond acceptors (Lipinski definition) is 6. The molecule has 0 saturated carbocycles. The number of anilines is 2. The molecule has 112 valence electrons. The van der Waals surface area contributed by atoms with Crippen molar-refractivity contribution in [3.63, 3.8) is 0 Å². The van der Waals surface area contributed by atoms with Gasteiger partial charge in [0.1, 0.15) is 17.6 Å². The van der Waals surface area contributed by atoms with E-state index in [2.05, 4.69) is 10.1 Å². The molecular formula is C13H16FN5O2. The largest absolute Gasteiger partial charge is 0.462 e. The number of hydrogen-bond donors (Lipinski definition) is 1. The molecule has 1 aliphatic heterocycles. The summed E-state index contributed by atoms with van der Waals surface area (Å²) in [4.78, 5) is 18.2. The SMILES string of the molecule is CCOC(=O)c1c(N)nn2ccc(N3CCC(F)C3)nc12. The zero-order chi connectivity index (χ0) is 15.0. The van der Waals surface area contributed by atoms with Crippen LogP contribution >= 0.6 is 0 Å². The standard InChI is InChI=1S/C13H16FN5O2/c1-2-21-13(20)10-11(15)17-19-6-4-9(16-12(10)19)18-5-3-8(14)7-18/h4,6,8H,2-3,5,7H2,1H3,(H2,15,17). The molecule has 7 nitrogen and oxygen atoms in total.